The lowest BCUT2D eigenvalue weighted by molar-refractivity contribution is -0.135. The minimum Gasteiger partial charge on any atom is -0.497 e. The molecule has 218 valence electrons. The second-order valence-corrected chi connectivity index (χ2v) is 12.0. The fourth-order valence-electron chi connectivity index (χ4n) is 5.05. The van der Waals surface area contributed by atoms with Crippen LogP contribution in [0.1, 0.15) is 42.1 Å². The number of halogens is 1. The van der Waals surface area contributed by atoms with Gasteiger partial charge in [0.15, 0.2) is 0 Å². The number of piperidine rings is 1. The predicted molar refractivity (Wildman–Crippen MR) is 154 cm³/mol. The average molecular weight is 582 g/mol. The largest absolute Gasteiger partial charge is 0.497 e. The third-order valence-electron chi connectivity index (χ3n) is 7.29. The number of hydrogen-bond donors (Lipinski definition) is 0. The summed E-state index contributed by atoms with van der Waals surface area (Å²) in [7, 11) is -2.30. The van der Waals surface area contributed by atoms with Crippen LogP contribution in [-0.4, -0.2) is 73.7 Å². The third-order valence-corrected chi connectivity index (χ3v) is 9.15. The first-order chi connectivity index (χ1) is 19.7. The number of ether oxygens (including phenoxy) is 1. The van der Waals surface area contributed by atoms with E-state index in [2.05, 4.69) is 0 Å². The van der Waals surface area contributed by atoms with Crippen LogP contribution < -0.4 is 4.74 Å². The molecule has 2 amide bonds. The van der Waals surface area contributed by atoms with Gasteiger partial charge in [0.25, 0.3) is 5.91 Å². The summed E-state index contributed by atoms with van der Waals surface area (Å²) in [5.74, 6) is -0.563. The van der Waals surface area contributed by atoms with Crippen LogP contribution in [0.2, 0.25) is 0 Å². The van der Waals surface area contributed by atoms with Crippen LogP contribution in [0, 0.1) is 5.82 Å². The highest BCUT2D eigenvalue weighted by molar-refractivity contribution is 7.89. The second-order valence-electron chi connectivity index (χ2n) is 10.0. The zero-order valence-electron chi connectivity index (χ0n) is 23.4. The average Bonchev–Trinajstić information content (AvgIpc) is 3.00. The number of nitrogens with zero attached hydrogens (tertiary/aromatic N) is 3. The lowest BCUT2D eigenvalue weighted by Gasteiger charge is -2.39. The fourth-order valence-corrected chi connectivity index (χ4v) is 6.55. The van der Waals surface area contributed by atoms with Crippen molar-refractivity contribution < 1.29 is 27.1 Å². The number of carbonyl (C=O) groups excluding carboxylic acids is 2. The summed E-state index contributed by atoms with van der Waals surface area (Å²) in [6.45, 7) is 2.76. The van der Waals surface area contributed by atoms with Crippen LogP contribution in [-0.2, 0) is 21.4 Å². The normalized spacial score (nSPS) is 14.2. The Bertz CT molecular complexity index is 1430. The van der Waals surface area contributed by atoms with E-state index in [-0.39, 0.29) is 47.9 Å². The Kier molecular flexibility index (Phi) is 10.1. The van der Waals surface area contributed by atoms with Gasteiger partial charge in [-0.25, -0.2) is 12.8 Å². The first-order valence-corrected chi connectivity index (χ1v) is 15.2. The Balaban J connectivity index is 1.54. The van der Waals surface area contributed by atoms with Crippen LogP contribution in [0.25, 0.3) is 0 Å². The molecule has 3 aromatic carbocycles. The van der Waals surface area contributed by atoms with Crippen molar-refractivity contribution in [2.75, 3.05) is 33.3 Å². The standard InChI is InChI=1S/C31H36FN3O5S/c1-3-19-34(41(38,39)27-9-5-4-6-10-27)23-30(36)35(22-24-13-15-26(40-2)16-14-24)25-17-20-33(21-18-25)31(37)28-11-7-8-12-29(28)32/h4-16,25H,3,17-23H2,1-2H3. The van der Waals surface area contributed by atoms with E-state index in [0.29, 0.717) is 38.1 Å². The Labute approximate surface area is 241 Å². The minimum atomic E-state index is -3.88. The van der Waals surface area contributed by atoms with Gasteiger partial charge in [-0.2, -0.15) is 4.31 Å². The maximum Gasteiger partial charge on any atom is 0.256 e. The number of likely N-dealkylation sites (tertiary alicyclic amines) is 1. The van der Waals surface area contributed by atoms with Gasteiger partial charge >= 0.3 is 0 Å². The van der Waals surface area contributed by atoms with Crippen LogP contribution in [0.4, 0.5) is 4.39 Å². The van der Waals surface area contributed by atoms with E-state index >= 15 is 0 Å². The van der Waals surface area contributed by atoms with Gasteiger partial charge in [-0.15, -0.1) is 0 Å². The maximum absolute atomic E-state index is 14.2. The summed E-state index contributed by atoms with van der Waals surface area (Å²) >= 11 is 0. The molecule has 0 aromatic heterocycles. The molecule has 8 nitrogen and oxygen atoms in total. The van der Waals surface area contributed by atoms with Crippen molar-refractivity contribution in [1.29, 1.82) is 0 Å². The van der Waals surface area contributed by atoms with Crippen LogP contribution >= 0.6 is 0 Å². The lowest BCUT2D eigenvalue weighted by atomic mass is 10.0. The molecule has 0 unspecified atom stereocenters. The van der Waals surface area contributed by atoms with Crippen molar-refractivity contribution in [2.24, 2.45) is 0 Å². The van der Waals surface area contributed by atoms with E-state index in [4.69, 9.17) is 4.74 Å². The molecule has 10 heteroatoms. The van der Waals surface area contributed by atoms with Gasteiger partial charge < -0.3 is 14.5 Å². The molecule has 1 heterocycles. The molecule has 0 aliphatic carbocycles. The predicted octanol–water partition coefficient (Wildman–Crippen LogP) is 4.57. The number of methoxy groups -OCH3 is 1. The van der Waals surface area contributed by atoms with Gasteiger partial charge in [0.05, 0.1) is 24.1 Å². The molecule has 3 aromatic rings. The zero-order valence-corrected chi connectivity index (χ0v) is 24.2. The molecule has 0 saturated carbocycles. The molecule has 1 aliphatic heterocycles. The number of amides is 2. The fraction of sp³-hybridized carbons (Fsp3) is 0.355. The lowest BCUT2D eigenvalue weighted by Crippen LogP contribution is -2.51. The number of hydrogen-bond acceptors (Lipinski definition) is 5. The van der Waals surface area contributed by atoms with Gasteiger partial charge in [-0.05, 0) is 61.2 Å². The maximum atomic E-state index is 14.2. The molecule has 0 radical (unpaired) electrons. The molecular formula is C31H36FN3O5S. The SMILES string of the molecule is CCCN(CC(=O)N(Cc1ccc(OC)cc1)C1CCN(C(=O)c2ccccc2F)CC1)S(=O)(=O)c1ccccc1. The smallest absolute Gasteiger partial charge is 0.256 e. The summed E-state index contributed by atoms with van der Waals surface area (Å²) in [4.78, 5) is 30.3. The van der Waals surface area contributed by atoms with Crippen molar-refractivity contribution in [1.82, 2.24) is 14.1 Å². The molecule has 0 N–H and O–H groups in total. The molecule has 4 rings (SSSR count). The van der Waals surface area contributed by atoms with Crippen molar-refractivity contribution in [3.05, 3.63) is 95.8 Å². The van der Waals surface area contributed by atoms with Crippen molar-refractivity contribution in [3.63, 3.8) is 0 Å². The van der Waals surface area contributed by atoms with E-state index < -0.39 is 15.8 Å². The Morgan fingerprint density at radius 1 is 0.951 bits per heavy atom. The first-order valence-electron chi connectivity index (χ1n) is 13.8. The number of rotatable bonds is 11. The first kappa shape index (κ1) is 30.2. The van der Waals surface area contributed by atoms with Gasteiger partial charge in [0, 0.05) is 32.2 Å². The van der Waals surface area contributed by atoms with Crippen LogP contribution in [0.15, 0.2) is 83.8 Å². The summed E-state index contributed by atoms with van der Waals surface area (Å²) in [6, 6.07) is 21.2. The van der Waals surface area contributed by atoms with Crippen LogP contribution in [0.3, 0.4) is 0 Å². The number of carbonyl (C=O) groups is 2. The molecule has 1 aliphatic rings. The number of sulfonamides is 1. The molecule has 1 saturated heterocycles. The third kappa shape index (κ3) is 7.31. The van der Waals surface area contributed by atoms with E-state index in [1.807, 2.05) is 31.2 Å². The monoisotopic (exact) mass is 581 g/mol. The highest BCUT2D eigenvalue weighted by Crippen LogP contribution is 2.24. The molecule has 1 fully saturated rings. The summed E-state index contributed by atoms with van der Waals surface area (Å²) in [6.07, 6.45) is 1.52. The van der Waals surface area contributed by atoms with Gasteiger partial charge in [-0.1, -0.05) is 49.4 Å². The van der Waals surface area contributed by atoms with Gasteiger partial charge in [0.2, 0.25) is 15.9 Å². The summed E-state index contributed by atoms with van der Waals surface area (Å²) < 4.78 is 47.6. The topological polar surface area (TPSA) is 87.2 Å². The highest BCUT2D eigenvalue weighted by Gasteiger charge is 2.33. The van der Waals surface area contributed by atoms with Crippen molar-refractivity contribution >= 4 is 21.8 Å². The number of benzene rings is 3. The quantitative estimate of drug-likeness (QED) is 0.331. The van der Waals surface area contributed by atoms with E-state index in [0.717, 1.165) is 5.56 Å². The Morgan fingerprint density at radius 3 is 2.20 bits per heavy atom. The highest BCUT2D eigenvalue weighted by atomic mass is 32.2. The van der Waals surface area contributed by atoms with E-state index in [1.165, 1.54) is 28.6 Å². The summed E-state index contributed by atoms with van der Waals surface area (Å²) in [5.41, 5.74) is 0.899. The van der Waals surface area contributed by atoms with Crippen molar-refractivity contribution in [3.8, 4) is 5.75 Å². The second kappa shape index (κ2) is 13.7. The van der Waals surface area contributed by atoms with Crippen molar-refractivity contribution in [2.45, 2.75) is 43.7 Å². The molecule has 0 atom stereocenters. The van der Waals surface area contributed by atoms with Gasteiger partial charge in [-0.3, -0.25) is 9.59 Å². The molecular weight excluding hydrogens is 545 g/mol. The Hall–Kier alpha value is -3.76. The zero-order chi connectivity index (χ0) is 29.4. The molecule has 0 spiro atoms. The molecule has 0 bridgehead atoms. The van der Waals surface area contributed by atoms with Crippen LogP contribution in [0.5, 0.6) is 5.75 Å². The van der Waals surface area contributed by atoms with Gasteiger partial charge in [0.1, 0.15) is 11.6 Å². The summed E-state index contributed by atoms with van der Waals surface area (Å²) in [5, 5.41) is 0. The Morgan fingerprint density at radius 2 is 1.59 bits per heavy atom. The molecule has 41 heavy (non-hydrogen) atoms. The van der Waals surface area contributed by atoms with E-state index in [1.54, 1.807) is 47.2 Å². The van der Waals surface area contributed by atoms with E-state index in [9.17, 15) is 22.4 Å². The minimum absolute atomic E-state index is 0.0263.